The van der Waals surface area contributed by atoms with Crippen molar-refractivity contribution < 1.29 is 4.52 Å². The number of benzene rings is 1. The number of aryl methyl sites for hydroxylation is 2. The van der Waals surface area contributed by atoms with Gasteiger partial charge in [-0.05, 0) is 62.4 Å². The average Bonchev–Trinajstić information content (AvgIpc) is 3.12. The molecule has 0 radical (unpaired) electrons. The van der Waals surface area contributed by atoms with E-state index in [0.29, 0.717) is 18.3 Å². The summed E-state index contributed by atoms with van der Waals surface area (Å²) in [6.45, 7) is 5.84. The van der Waals surface area contributed by atoms with Crippen LogP contribution in [0.4, 0.5) is 0 Å². The van der Waals surface area contributed by atoms with Gasteiger partial charge in [-0.2, -0.15) is 4.98 Å². The molecular weight excluding hydrogens is 318 g/mol. The van der Waals surface area contributed by atoms with Crippen LogP contribution in [0.25, 0.3) is 11.4 Å². The number of hydrogen-bond acceptors (Lipinski definition) is 4. The first-order valence-corrected chi connectivity index (χ1v) is 7.73. The number of nitrogens with one attached hydrogen (secondary N) is 1. The number of nitrogens with zero attached hydrogens (tertiary/aromatic N) is 2. The third kappa shape index (κ3) is 3.10. The van der Waals surface area contributed by atoms with Gasteiger partial charge in [0.15, 0.2) is 0 Å². The van der Waals surface area contributed by atoms with Gasteiger partial charge < -0.3 is 9.84 Å². The first kappa shape index (κ1) is 13.8. The van der Waals surface area contributed by atoms with Gasteiger partial charge in [-0.1, -0.05) is 21.1 Å². The van der Waals surface area contributed by atoms with Gasteiger partial charge in [0.2, 0.25) is 11.7 Å². The standard InChI is InChI=1S/C15H18BrN3O/c1-9-5-12(6-10(2)14(9)16)15-18-13(20-19-15)8-17-7-11-3-4-11/h5-6,11,17H,3-4,7-8H2,1-2H3. The molecule has 1 fully saturated rings. The van der Waals surface area contributed by atoms with Gasteiger partial charge in [0, 0.05) is 10.0 Å². The van der Waals surface area contributed by atoms with Crippen molar-refractivity contribution in [3.05, 3.63) is 33.6 Å². The molecule has 1 aliphatic rings. The zero-order chi connectivity index (χ0) is 14.1. The fraction of sp³-hybridized carbons (Fsp3) is 0.467. The Morgan fingerprint density at radius 2 is 2.00 bits per heavy atom. The van der Waals surface area contributed by atoms with E-state index < -0.39 is 0 Å². The van der Waals surface area contributed by atoms with E-state index in [2.05, 4.69) is 57.4 Å². The fourth-order valence-electron chi connectivity index (χ4n) is 2.22. The highest BCUT2D eigenvalue weighted by Gasteiger charge is 2.20. The molecule has 20 heavy (non-hydrogen) atoms. The molecule has 5 heteroatoms. The Bertz CT molecular complexity index is 596. The van der Waals surface area contributed by atoms with Gasteiger partial charge >= 0.3 is 0 Å². The topological polar surface area (TPSA) is 51.0 Å². The molecule has 1 aromatic carbocycles. The van der Waals surface area contributed by atoms with Crippen molar-refractivity contribution in [1.29, 1.82) is 0 Å². The summed E-state index contributed by atoms with van der Waals surface area (Å²) in [6.07, 6.45) is 2.69. The van der Waals surface area contributed by atoms with Gasteiger partial charge in [0.25, 0.3) is 0 Å². The van der Waals surface area contributed by atoms with Gasteiger partial charge in [0.05, 0.1) is 6.54 Å². The molecule has 106 valence electrons. The molecule has 1 aromatic heterocycles. The van der Waals surface area contributed by atoms with Crippen LogP contribution in [0.5, 0.6) is 0 Å². The van der Waals surface area contributed by atoms with Gasteiger partial charge in [-0.25, -0.2) is 0 Å². The minimum Gasteiger partial charge on any atom is -0.338 e. The van der Waals surface area contributed by atoms with E-state index in [1.54, 1.807) is 0 Å². The Kier molecular flexibility index (Phi) is 3.89. The second kappa shape index (κ2) is 5.66. The minimum atomic E-state index is 0.651. The molecule has 0 aliphatic heterocycles. The largest absolute Gasteiger partial charge is 0.338 e. The highest BCUT2D eigenvalue weighted by Crippen LogP contribution is 2.28. The lowest BCUT2D eigenvalue weighted by molar-refractivity contribution is 0.367. The van der Waals surface area contributed by atoms with Crippen LogP contribution in [0.15, 0.2) is 21.1 Å². The quantitative estimate of drug-likeness (QED) is 0.906. The molecule has 0 saturated heterocycles. The first-order valence-electron chi connectivity index (χ1n) is 6.94. The molecule has 1 aliphatic carbocycles. The second-order valence-corrected chi connectivity index (χ2v) is 6.30. The molecule has 1 heterocycles. The SMILES string of the molecule is Cc1cc(-c2noc(CNCC3CC3)n2)cc(C)c1Br. The van der Waals surface area contributed by atoms with Crippen molar-refractivity contribution in [2.45, 2.75) is 33.2 Å². The number of halogens is 1. The summed E-state index contributed by atoms with van der Waals surface area (Å²) in [6, 6.07) is 4.15. The van der Waals surface area contributed by atoms with E-state index in [-0.39, 0.29) is 0 Å². The Morgan fingerprint density at radius 1 is 1.30 bits per heavy atom. The molecule has 1 N–H and O–H groups in total. The lowest BCUT2D eigenvalue weighted by atomic mass is 10.1. The normalized spacial score (nSPS) is 14.8. The van der Waals surface area contributed by atoms with Crippen molar-refractivity contribution in [2.24, 2.45) is 5.92 Å². The van der Waals surface area contributed by atoms with Crippen molar-refractivity contribution in [1.82, 2.24) is 15.5 Å². The summed E-state index contributed by atoms with van der Waals surface area (Å²) in [4.78, 5) is 4.45. The smallest absolute Gasteiger partial charge is 0.240 e. The van der Waals surface area contributed by atoms with Crippen LogP contribution in [0.2, 0.25) is 0 Å². The molecular formula is C15H18BrN3O. The van der Waals surface area contributed by atoms with Crippen molar-refractivity contribution in [3.8, 4) is 11.4 Å². The molecule has 0 spiro atoms. The second-order valence-electron chi connectivity index (χ2n) is 5.51. The lowest BCUT2D eigenvalue weighted by Gasteiger charge is -2.04. The summed E-state index contributed by atoms with van der Waals surface area (Å²) < 4.78 is 6.43. The summed E-state index contributed by atoms with van der Waals surface area (Å²) in [5, 5.41) is 7.43. The van der Waals surface area contributed by atoms with Crippen molar-refractivity contribution in [2.75, 3.05) is 6.54 Å². The maximum absolute atomic E-state index is 5.30. The van der Waals surface area contributed by atoms with Crippen LogP contribution in [-0.4, -0.2) is 16.7 Å². The van der Waals surface area contributed by atoms with E-state index in [4.69, 9.17) is 4.52 Å². The predicted octanol–water partition coefficient (Wildman–Crippen LogP) is 3.62. The molecule has 0 bridgehead atoms. The summed E-state index contributed by atoms with van der Waals surface area (Å²) >= 11 is 3.57. The highest BCUT2D eigenvalue weighted by molar-refractivity contribution is 9.10. The Morgan fingerprint density at radius 3 is 2.65 bits per heavy atom. The maximum Gasteiger partial charge on any atom is 0.240 e. The van der Waals surface area contributed by atoms with E-state index in [1.807, 2.05) is 0 Å². The van der Waals surface area contributed by atoms with Crippen LogP contribution < -0.4 is 5.32 Å². The lowest BCUT2D eigenvalue weighted by Crippen LogP contribution is -2.16. The third-order valence-corrected chi connectivity index (χ3v) is 4.82. The number of hydrogen-bond donors (Lipinski definition) is 1. The highest BCUT2D eigenvalue weighted by atomic mass is 79.9. The van der Waals surface area contributed by atoms with Crippen molar-refractivity contribution >= 4 is 15.9 Å². The molecule has 0 unspecified atom stereocenters. The molecule has 4 nitrogen and oxygen atoms in total. The number of rotatable bonds is 5. The van der Waals surface area contributed by atoms with Gasteiger partial charge in [0.1, 0.15) is 0 Å². The monoisotopic (exact) mass is 335 g/mol. The van der Waals surface area contributed by atoms with Crippen LogP contribution in [-0.2, 0) is 6.54 Å². The fourth-order valence-corrected chi connectivity index (χ4v) is 2.45. The Balaban J connectivity index is 1.71. The molecule has 0 amide bonds. The molecule has 2 aromatic rings. The minimum absolute atomic E-state index is 0.651. The summed E-state index contributed by atoms with van der Waals surface area (Å²) in [7, 11) is 0. The van der Waals surface area contributed by atoms with E-state index >= 15 is 0 Å². The summed E-state index contributed by atoms with van der Waals surface area (Å²) in [5.74, 6) is 2.17. The third-order valence-electron chi connectivity index (χ3n) is 3.57. The zero-order valence-electron chi connectivity index (χ0n) is 11.7. The van der Waals surface area contributed by atoms with Crippen LogP contribution in [0.1, 0.15) is 29.9 Å². The maximum atomic E-state index is 5.30. The van der Waals surface area contributed by atoms with Crippen LogP contribution >= 0.6 is 15.9 Å². The predicted molar refractivity (Wildman–Crippen MR) is 81.3 cm³/mol. The average molecular weight is 336 g/mol. The zero-order valence-corrected chi connectivity index (χ0v) is 13.3. The van der Waals surface area contributed by atoms with E-state index in [0.717, 1.165) is 22.5 Å². The van der Waals surface area contributed by atoms with Crippen LogP contribution in [0, 0.1) is 19.8 Å². The Labute approximate surface area is 127 Å². The van der Waals surface area contributed by atoms with Crippen molar-refractivity contribution in [3.63, 3.8) is 0 Å². The first-order chi connectivity index (χ1) is 9.63. The Hall–Kier alpha value is -1.20. The molecule has 3 rings (SSSR count). The summed E-state index contributed by atoms with van der Waals surface area (Å²) in [5.41, 5.74) is 3.36. The van der Waals surface area contributed by atoms with Crippen LogP contribution in [0.3, 0.4) is 0 Å². The van der Waals surface area contributed by atoms with E-state index in [9.17, 15) is 0 Å². The molecule has 0 atom stereocenters. The number of aromatic nitrogens is 2. The van der Waals surface area contributed by atoms with Gasteiger partial charge in [-0.3, -0.25) is 0 Å². The van der Waals surface area contributed by atoms with Gasteiger partial charge in [-0.15, -0.1) is 0 Å². The van der Waals surface area contributed by atoms with E-state index in [1.165, 1.54) is 24.0 Å². The molecule has 1 saturated carbocycles.